The molecule has 0 aromatic rings. The summed E-state index contributed by atoms with van der Waals surface area (Å²) in [4.78, 5) is 21.7. The summed E-state index contributed by atoms with van der Waals surface area (Å²) in [6.07, 6.45) is 2.00. The van der Waals surface area contributed by atoms with Crippen LogP contribution in [0.3, 0.4) is 0 Å². The van der Waals surface area contributed by atoms with Crippen LogP contribution in [-0.4, -0.2) is 29.1 Å². The molecule has 0 aromatic carbocycles. The van der Waals surface area contributed by atoms with Gasteiger partial charge in [0.1, 0.15) is 0 Å². The van der Waals surface area contributed by atoms with Gasteiger partial charge in [-0.05, 0) is 19.8 Å². The number of nitrogens with two attached hydrogens (primary N) is 1. The molecule has 0 rings (SSSR count). The highest BCUT2D eigenvalue weighted by atomic mass is 16.4. The van der Waals surface area contributed by atoms with E-state index in [-0.39, 0.29) is 18.4 Å². The molecule has 0 aliphatic carbocycles. The highest BCUT2D eigenvalue weighted by Crippen LogP contribution is 1.99. The Morgan fingerprint density at radius 2 is 2.00 bits per heavy atom. The van der Waals surface area contributed by atoms with Crippen molar-refractivity contribution in [3.05, 3.63) is 0 Å². The van der Waals surface area contributed by atoms with Crippen LogP contribution in [0.5, 0.6) is 0 Å². The number of carbonyl (C=O) groups is 2. The molecule has 2 atom stereocenters. The third kappa shape index (κ3) is 6.90. The van der Waals surface area contributed by atoms with E-state index >= 15 is 0 Å². The third-order valence-electron chi connectivity index (χ3n) is 2.12. The fourth-order valence-electron chi connectivity index (χ4n) is 1.20. The van der Waals surface area contributed by atoms with E-state index < -0.39 is 12.0 Å². The van der Waals surface area contributed by atoms with Crippen LogP contribution in [0, 0.1) is 0 Å². The maximum Gasteiger partial charge on any atom is 0.303 e. The van der Waals surface area contributed by atoms with Crippen molar-refractivity contribution in [2.75, 3.05) is 0 Å². The molecule has 15 heavy (non-hydrogen) atoms. The van der Waals surface area contributed by atoms with Crippen molar-refractivity contribution in [1.29, 1.82) is 0 Å². The molecule has 0 aliphatic rings. The van der Waals surface area contributed by atoms with Gasteiger partial charge in [-0.1, -0.05) is 13.3 Å². The van der Waals surface area contributed by atoms with E-state index in [1.54, 1.807) is 6.92 Å². The van der Waals surface area contributed by atoms with E-state index in [1.165, 1.54) is 0 Å². The third-order valence-corrected chi connectivity index (χ3v) is 2.12. The van der Waals surface area contributed by atoms with Gasteiger partial charge < -0.3 is 16.2 Å². The van der Waals surface area contributed by atoms with E-state index in [0.717, 1.165) is 6.42 Å². The summed E-state index contributed by atoms with van der Waals surface area (Å²) in [6.45, 7) is 3.74. The normalized spacial score (nSPS) is 14.3. The van der Waals surface area contributed by atoms with Crippen molar-refractivity contribution in [3.63, 3.8) is 0 Å². The number of hydrogen-bond acceptors (Lipinski definition) is 3. The monoisotopic (exact) mass is 216 g/mol. The SMILES string of the molecule is CCC[C@@H](N)C(=O)NC(C)CCC(=O)O. The van der Waals surface area contributed by atoms with Crippen LogP contribution >= 0.6 is 0 Å². The summed E-state index contributed by atoms with van der Waals surface area (Å²) in [5, 5.41) is 11.1. The zero-order valence-electron chi connectivity index (χ0n) is 9.32. The molecule has 0 saturated heterocycles. The summed E-state index contributed by atoms with van der Waals surface area (Å²) >= 11 is 0. The first-order valence-electron chi connectivity index (χ1n) is 5.25. The fourth-order valence-corrected chi connectivity index (χ4v) is 1.20. The van der Waals surface area contributed by atoms with E-state index in [2.05, 4.69) is 5.32 Å². The largest absolute Gasteiger partial charge is 0.481 e. The lowest BCUT2D eigenvalue weighted by molar-refractivity contribution is -0.137. The molecule has 0 aromatic heterocycles. The summed E-state index contributed by atoms with van der Waals surface area (Å²) in [6, 6.07) is -0.626. The number of aliphatic carboxylic acids is 1. The number of nitrogens with one attached hydrogen (secondary N) is 1. The van der Waals surface area contributed by atoms with Gasteiger partial charge in [-0.15, -0.1) is 0 Å². The van der Waals surface area contributed by atoms with Gasteiger partial charge in [-0.2, -0.15) is 0 Å². The molecule has 0 bridgehead atoms. The van der Waals surface area contributed by atoms with Gasteiger partial charge in [0.05, 0.1) is 6.04 Å². The van der Waals surface area contributed by atoms with Crippen LogP contribution in [0.25, 0.3) is 0 Å². The minimum Gasteiger partial charge on any atom is -0.481 e. The molecule has 0 radical (unpaired) electrons. The Kier molecular flexibility index (Phi) is 6.70. The van der Waals surface area contributed by atoms with Gasteiger partial charge in [0.2, 0.25) is 5.91 Å². The van der Waals surface area contributed by atoms with Crippen LogP contribution in [0.2, 0.25) is 0 Å². The van der Waals surface area contributed by atoms with Crippen molar-refractivity contribution in [3.8, 4) is 0 Å². The number of rotatable bonds is 7. The van der Waals surface area contributed by atoms with Crippen LogP contribution in [0.4, 0.5) is 0 Å². The first kappa shape index (κ1) is 13.9. The zero-order chi connectivity index (χ0) is 11.8. The van der Waals surface area contributed by atoms with Crippen molar-refractivity contribution in [1.82, 2.24) is 5.32 Å². The second-order valence-corrected chi connectivity index (χ2v) is 3.74. The first-order chi connectivity index (χ1) is 6.97. The minimum absolute atomic E-state index is 0.0600. The Hall–Kier alpha value is -1.10. The summed E-state index contributed by atoms with van der Waals surface area (Å²) in [5.74, 6) is -1.05. The highest BCUT2D eigenvalue weighted by molar-refractivity contribution is 5.81. The van der Waals surface area contributed by atoms with Gasteiger partial charge >= 0.3 is 5.97 Å². The van der Waals surface area contributed by atoms with Gasteiger partial charge in [0.15, 0.2) is 0 Å². The number of carboxylic acid groups (broad SMARTS) is 1. The van der Waals surface area contributed by atoms with E-state index in [1.807, 2.05) is 6.92 Å². The van der Waals surface area contributed by atoms with Gasteiger partial charge in [-0.25, -0.2) is 0 Å². The Labute approximate surface area is 90.0 Å². The lowest BCUT2D eigenvalue weighted by atomic mass is 10.1. The summed E-state index contributed by atoms with van der Waals surface area (Å²) in [5.41, 5.74) is 5.60. The zero-order valence-corrected chi connectivity index (χ0v) is 9.32. The van der Waals surface area contributed by atoms with Crippen molar-refractivity contribution < 1.29 is 14.7 Å². The molecular weight excluding hydrogens is 196 g/mol. The predicted octanol–water partition coefficient (Wildman–Crippen LogP) is 0.483. The molecule has 0 fully saturated rings. The predicted molar refractivity (Wildman–Crippen MR) is 57.4 cm³/mol. The van der Waals surface area contributed by atoms with Crippen LogP contribution in [0.1, 0.15) is 39.5 Å². The maximum atomic E-state index is 11.4. The quantitative estimate of drug-likeness (QED) is 0.577. The van der Waals surface area contributed by atoms with Crippen molar-refractivity contribution in [2.45, 2.75) is 51.6 Å². The fraction of sp³-hybridized carbons (Fsp3) is 0.800. The van der Waals surface area contributed by atoms with E-state index in [9.17, 15) is 9.59 Å². The van der Waals surface area contributed by atoms with Crippen LogP contribution in [0.15, 0.2) is 0 Å². The average molecular weight is 216 g/mol. The average Bonchev–Trinajstić information content (AvgIpc) is 2.15. The molecule has 0 saturated carbocycles. The molecule has 5 nitrogen and oxygen atoms in total. The molecule has 0 spiro atoms. The first-order valence-corrected chi connectivity index (χ1v) is 5.25. The van der Waals surface area contributed by atoms with Crippen molar-refractivity contribution >= 4 is 11.9 Å². The van der Waals surface area contributed by atoms with Gasteiger partial charge in [0.25, 0.3) is 0 Å². The summed E-state index contributed by atoms with van der Waals surface area (Å²) in [7, 11) is 0. The topological polar surface area (TPSA) is 92.4 Å². The molecule has 0 aliphatic heterocycles. The molecule has 0 heterocycles. The molecule has 88 valence electrons. The molecule has 4 N–H and O–H groups in total. The van der Waals surface area contributed by atoms with Crippen molar-refractivity contribution in [2.24, 2.45) is 5.73 Å². The van der Waals surface area contributed by atoms with E-state index in [0.29, 0.717) is 12.8 Å². The lowest BCUT2D eigenvalue weighted by Gasteiger charge is -2.16. The Morgan fingerprint density at radius 3 is 2.47 bits per heavy atom. The Morgan fingerprint density at radius 1 is 1.40 bits per heavy atom. The molecule has 5 heteroatoms. The van der Waals surface area contributed by atoms with Crippen LogP contribution in [-0.2, 0) is 9.59 Å². The second kappa shape index (κ2) is 7.23. The van der Waals surface area contributed by atoms with Gasteiger partial charge in [-0.3, -0.25) is 9.59 Å². The minimum atomic E-state index is -0.853. The number of carbonyl (C=O) groups excluding carboxylic acids is 1. The highest BCUT2D eigenvalue weighted by Gasteiger charge is 2.14. The number of carboxylic acids is 1. The standard InChI is InChI=1S/C10H20N2O3/c1-3-4-8(11)10(15)12-7(2)5-6-9(13)14/h7-8H,3-6,11H2,1-2H3,(H,12,15)(H,13,14)/t7?,8-/m1/s1. The molecule has 1 unspecified atom stereocenters. The maximum absolute atomic E-state index is 11.4. The lowest BCUT2D eigenvalue weighted by Crippen LogP contribution is -2.44. The van der Waals surface area contributed by atoms with Gasteiger partial charge in [0, 0.05) is 12.5 Å². The number of amides is 1. The van der Waals surface area contributed by atoms with E-state index in [4.69, 9.17) is 10.8 Å². The second-order valence-electron chi connectivity index (χ2n) is 3.74. The smallest absolute Gasteiger partial charge is 0.303 e. The Bertz CT molecular complexity index is 219. The molecular formula is C10H20N2O3. The Balaban J connectivity index is 3.79. The number of hydrogen-bond donors (Lipinski definition) is 3. The molecule has 1 amide bonds. The van der Waals surface area contributed by atoms with Crippen LogP contribution < -0.4 is 11.1 Å². The summed E-state index contributed by atoms with van der Waals surface area (Å²) < 4.78 is 0.